The van der Waals surface area contributed by atoms with E-state index in [2.05, 4.69) is 9.97 Å². The van der Waals surface area contributed by atoms with Gasteiger partial charge in [-0.15, -0.1) is 0 Å². The number of carbonyl (C=O) groups is 1. The second-order valence-electron chi connectivity index (χ2n) is 4.58. The van der Waals surface area contributed by atoms with Crippen molar-refractivity contribution in [3.8, 4) is 0 Å². The van der Waals surface area contributed by atoms with E-state index >= 15 is 0 Å². The zero-order chi connectivity index (χ0) is 15.4. The predicted molar refractivity (Wildman–Crippen MR) is 83.3 cm³/mol. The highest BCUT2D eigenvalue weighted by Crippen LogP contribution is 2.23. The quantitative estimate of drug-likeness (QED) is 0.877. The molecule has 0 aliphatic carbocycles. The van der Waals surface area contributed by atoms with Gasteiger partial charge in [0.1, 0.15) is 11.3 Å². The van der Waals surface area contributed by atoms with Gasteiger partial charge in [0.2, 0.25) is 0 Å². The number of aromatic nitrogens is 2. The van der Waals surface area contributed by atoms with Crippen molar-refractivity contribution in [2.24, 2.45) is 0 Å². The Balaban J connectivity index is 2.11. The number of benzene rings is 1. The molecule has 0 radical (unpaired) electrons. The maximum absolute atomic E-state index is 10.8. The summed E-state index contributed by atoms with van der Waals surface area (Å²) in [4.78, 5) is 19.1. The largest absolute Gasteiger partial charge is 0.390 e. The number of hydrogen-bond donors (Lipinski definition) is 2. The van der Waals surface area contributed by atoms with Crippen molar-refractivity contribution in [1.29, 1.82) is 0 Å². The molecule has 2 rings (SSSR count). The van der Waals surface area contributed by atoms with Crippen molar-refractivity contribution >= 4 is 39.5 Å². The van der Waals surface area contributed by atoms with Gasteiger partial charge in [0.15, 0.2) is 5.12 Å². The molecule has 2 aromatic rings. The van der Waals surface area contributed by atoms with Crippen molar-refractivity contribution < 1.29 is 15.0 Å². The zero-order valence-electron chi connectivity index (χ0n) is 11.4. The zero-order valence-corrected chi connectivity index (χ0v) is 12.9. The maximum Gasteiger partial charge on any atom is 0.185 e. The first-order chi connectivity index (χ1) is 9.97. The molecule has 0 aliphatic rings. The Bertz CT molecular complexity index is 653. The van der Waals surface area contributed by atoms with E-state index in [1.54, 1.807) is 18.2 Å². The van der Waals surface area contributed by atoms with Crippen LogP contribution in [0.15, 0.2) is 24.4 Å². The molecule has 7 heteroatoms. The fourth-order valence-corrected chi connectivity index (χ4v) is 2.68. The van der Waals surface area contributed by atoms with Crippen molar-refractivity contribution in [3.63, 3.8) is 0 Å². The van der Waals surface area contributed by atoms with Crippen LogP contribution in [0.5, 0.6) is 0 Å². The normalized spacial score (nSPS) is 14.1. The molecule has 0 spiro atoms. The molecule has 0 saturated carbocycles. The molecular weight excluding hydrogens is 312 g/mol. The molecule has 2 unspecified atom stereocenters. The van der Waals surface area contributed by atoms with E-state index in [1.807, 2.05) is 0 Å². The number of halogens is 1. The third-order valence-corrected chi connectivity index (χ3v) is 3.99. The molecule has 0 bridgehead atoms. The summed E-state index contributed by atoms with van der Waals surface area (Å²) >= 11 is 6.92. The van der Waals surface area contributed by atoms with Gasteiger partial charge in [-0.1, -0.05) is 29.4 Å². The molecule has 5 nitrogen and oxygen atoms in total. The molecule has 112 valence electrons. The van der Waals surface area contributed by atoms with Crippen molar-refractivity contribution in [2.75, 3.05) is 5.75 Å². The molecule has 2 N–H and O–H groups in total. The average Bonchev–Trinajstić information content (AvgIpc) is 2.45. The van der Waals surface area contributed by atoms with Crippen LogP contribution in [0, 0.1) is 0 Å². The van der Waals surface area contributed by atoms with Crippen LogP contribution in [0.1, 0.15) is 25.0 Å². The molecule has 21 heavy (non-hydrogen) atoms. The average molecular weight is 327 g/mol. The van der Waals surface area contributed by atoms with Crippen LogP contribution in [0.25, 0.3) is 11.0 Å². The standard InChI is InChI=1S/C14H15ClN2O3S/c1-8(18)21-5-4-12(19)14(20)9-2-3-10-11(6-9)17-13(15)7-16-10/h2-3,6-7,12,14,19-20H,4-5H2,1H3. The van der Waals surface area contributed by atoms with Gasteiger partial charge in [0.25, 0.3) is 0 Å². The lowest BCUT2D eigenvalue weighted by atomic mass is 10.0. The van der Waals surface area contributed by atoms with Gasteiger partial charge in [0, 0.05) is 12.7 Å². The molecule has 1 aromatic carbocycles. The van der Waals surface area contributed by atoms with Gasteiger partial charge in [-0.3, -0.25) is 9.78 Å². The number of rotatable bonds is 5. The van der Waals surface area contributed by atoms with Gasteiger partial charge in [-0.25, -0.2) is 4.98 Å². The van der Waals surface area contributed by atoms with Crippen LogP contribution in [0.3, 0.4) is 0 Å². The predicted octanol–water partition coefficient (Wildman–Crippen LogP) is 2.35. The minimum atomic E-state index is -1.04. The number of carbonyl (C=O) groups excluding carboxylic acids is 1. The van der Waals surface area contributed by atoms with Crippen LogP contribution >= 0.6 is 23.4 Å². The first kappa shape index (κ1) is 16.2. The lowest BCUT2D eigenvalue weighted by Gasteiger charge is -2.18. The molecule has 1 aromatic heterocycles. The first-order valence-electron chi connectivity index (χ1n) is 6.39. The van der Waals surface area contributed by atoms with Crippen molar-refractivity contribution in [1.82, 2.24) is 9.97 Å². The second kappa shape index (κ2) is 7.17. The van der Waals surface area contributed by atoms with Crippen LogP contribution in [0.2, 0.25) is 5.15 Å². The number of fused-ring (bicyclic) bond motifs is 1. The summed E-state index contributed by atoms with van der Waals surface area (Å²) in [6.07, 6.45) is -0.206. The summed E-state index contributed by atoms with van der Waals surface area (Å²) in [5.41, 5.74) is 1.76. The van der Waals surface area contributed by atoms with E-state index in [0.717, 1.165) is 11.8 Å². The van der Waals surface area contributed by atoms with Gasteiger partial charge >= 0.3 is 0 Å². The Kier molecular flexibility index (Phi) is 5.52. The molecule has 0 aliphatic heterocycles. The summed E-state index contributed by atoms with van der Waals surface area (Å²) in [6.45, 7) is 1.47. The fourth-order valence-electron chi connectivity index (χ4n) is 1.89. The van der Waals surface area contributed by atoms with E-state index in [0.29, 0.717) is 28.8 Å². The monoisotopic (exact) mass is 326 g/mol. The van der Waals surface area contributed by atoms with Gasteiger partial charge in [-0.2, -0.15) is 0 Å². The first-order valence-corrected chi connectivity index (χ1v) is 7.75. The Morgan fingerprint density at radius 2 is 2.14 bits per heavy atom. The Labute approximate surface area is 131 Å². The number of aliphatic hydroxyl groups excluding tert-OH is 2. The van der Waals surface area contributed by atoms with E-state index in [1.165, 1.54) is 13.1 Å². The summed E-state index contributed by atoms with van der Waals surface area (Å²) < 4.78 is 0. The Hall–Kier alpha value is -1.21. The topological polar surface area (TPSA) is 83.3 Å². The van der Waals surface area contributed by atoms with Crippen LogP contribution in [-0.4, -0.2) is 37.2 Å². The fraction of sp³-hybridized carbons (Fsp3) is 0.357. The number of thioether (sulfide) groups is 1. The van der Waals surface area contributed by atoms with E-state index in [9.17, 15) is 15.0 Å². The van der Waals surface area contributed by atoms with E-state index in [4.69, 9.17) is 11.6 Å². The van der Waals surface area contributed by atoms with Gasteiger partial charge < -0.3 is 10.2 Å². The van der Waals surface area contributed by atoms with Crippen molar-refractivity contribution in [2.45, 2.75) is 25.6 Å². The molecule has 0 fully saturated rings. The van der Waals surface area contributed by atoms with E-state index < -0.39 is 12.2 Å². The molecular formula is C14H15ClN2O3S. The van der Waals surface area contributed by atoms with E-state index in [-0.39, 0.29) is 10.3 Å². The summed E-state index contributed by atoms with van der Waals surface area (Å²) in [5, 5.41) is 20.4. The lowest BCUT2D eigenvalue weighted by Crippen LogP contribution is -2.19. The minimum absolute atomic E-state index is 0.00712. The maximum atomic E-state index is 10.8. The summed E-state index contributed by atoms with van der Waals surface area (Å²) in [7, 11) is 0. The highest BCUT2D eigenvalue weighted by atomic mass is 35.5. The summed E-state index contributed by atoms with van der Waals surface area (Å²) in [5.74, 6) is 0.465. The highest BCUT2D eigenvalue weighted by molar-refractivity contribution is 8.13. The number of aliphatic hydroxyl groups is 2. The lowest BCUT2D eigenvalue weighted by molar-refractivity contribution is -0.109. The number of hydrogen-bond acceptors (Lipinski definition) is 6. The van der Waals surface area contributed by atoms with Crippen LogP contribution in [-0.2, 0) is 4.79 Å². The molecule has 0 saturated heterocycles. The smallest absolute Gasteiger partial charge is 0.185 e. The minimum Gasteiger partial charge on any atom is -0.390 e. The summed E-state index contributed by atoms with van der Waals surface area (Å²) in [6, 6.07) is 5.06. The van der Waals surface area contributed by atoms with Gasteiger partial charge in [0.05, 0.1) is 23.3 Å². The van der Waals surface area contributed by atoms with Crippen LogP contribution < -0.4 is 0 Å². The molecule has 0 amide bonds. The Morgan fingerprint density at radius 3 is 2.86 bits per heavy atom. The third kappa shape index (κ3) is 4.38. The van der Waals surface area contributed by atoms with Gasteiger partial charge in [-0.05, 0) is 24.1 Å². The van der Waals surface area contributed by atoms with Crippen LogP contribution in [0.4, 0.5) is 0 Å². The van der Waals surface area contributed by atoms with Crippen molar-refractivity contribution in [3.05, 3.63) is 35.1 Å². The highest BCUT2D eigenvalue weighted by Gasteiger charge is 2.19. The Morgan fingerprint density at radius 1 is 1.38 bits per heavy atom. The SMILES string of the molecule is CC(=O)SCCC(O)C(O)c1ccc2ncc(Cl)nc2c1. The second-order valence-corrected chi connectivity index (χ2v) is 6.24. The molecule has 1 heterocycles. The third-order valence-electron chi connectivity index (χ3n) is 2.96. The molecule has 2 atom stereocenters. The number of nitrogens with zero attached hydrogens (tertiary/aromatic N) is 2.